The number of carboxylic acids is 1. The summed E-state index contributed by atoms with van der Waals surface area (Å²) in [5.41, 5.74) is 7.16. The van der Waals surface area contributed by atoms with Gasteiger partial charge in [0, 0.05) is 17.9 Å². The van der Waals surface area contributed by atoms with E-state index in [-0.39, 0.29) is 31.0 Å². The highest BCUT2D eigenvalue weighted by atomic mass is 16.5. The minimum absolute atomic E-state index is 0.0462. The average molecular weight is 580 g/mol. The second-order valence-electron chi connectivity index (χ2n) is 11.8. The van der Waals surface area contributed by atoms with Crippen molar-refractivity contribution in [2.24, 2.45) is 0 Å². The van der Waals surface area contributed by atoms with E-state index in [2.05, 4.69) is 50.4 Å². The number of aliphatic carboxylic acids is 1. The summed E-state index contributed by atoms with van der Waals surface area (Å²) < 4.78 is 17.1. The van der Waals surface area contributed by atoms with Crippen LogP contribution in [-0.4, -0.2) is 36.9 Å². The van der Waals surface area contributed by atoms with E-state index >= 15 is 0 Å². The van der Waals surface area contributed by atoms with Crippen LogP contribution in [0, 0.1) is 0 Å². The molecule has 7 heteroatoms. The molecule has 0 aromatic heterocycles. The molecule has 1 atom stereocenters. The number of fused-ring (bicyclic) bond motifs is 3. The fraction of sp³-hybridized carbons (Fsp3) is 0.278. The minimum atomic E-state index is -1.18. The normalized spacial score (nSPS) is 13.0. The number of nitrogens with one attached hydrogen (secondary N) is 1. The predicted octanol–water partition coefficient (Wildman–Crippen LogP) is 7.11. The summed E-state index contributed by atoms with van der Waals surface area (Å²) in [7, 11) is 1.58. The second kappa shape index (κ2) is 12.6. The van der Waals surface area contributed by atoms with Crippen molar-refractivity contribution in [3.05, 3.63) is 119 Å². The number of alkyl carbamates (subject to hydrolysis) is 1. The summed E-state index contributed by atoms with van der Waals surface area (Å²) in [5, 5.41) is 12.4. The fourth-order valence-electron chi connectivity index (χ4n) is 5.50. The van der Waals surface area contributed by atoms with Crippen LogP contribution in [0.15, 0.2) is 91.0 Å². The SMILES string of the molecule is COc1ccc(CC(NC(=O)OCC2c3ccccc3-c3ccccc32)C(=O)O)cc1COc1ccc(C(C)(C)C)cc1. The molecule has 0 saturated carbocycles. The highest BCUT2D eigenvalue weighted by Gasteiger charge is 2.30. The number of carboxylic acid groups (broad SMARTS) is 1. The zero-order chi connectivity index (χ0) is 30.6. The van der Waals surface area contributed by atoms with Crippen molar-refractivity contribution in [1.29, 1.82) is 0 Å². The Morgan fingerprint density at radius 2 is 1.51 bits per heavy atom. The number of carbonyl (C=O) groups is 2. The molecule has 0 radical (unpaired) electrons. The monoisotopic (exact) mass is 579 g/mol. The number of amides is 1. The molecule has 222 valence electrons. The van der Waals surface area contributed by atoms with Crippen molar-refractivity contribution in [1.82, 2.24) is 5.32 Å². The summed E-state index contributed by atoms with van der Waals surface area (Å²) in [5.74, 6) is 0.0866. The second-order valence-corrected chi connectivity index (χ2v) is 11.8. The van der Waals surface area contributed by atoms with E-state index in [1.54, 1.807) is 19.2 Å². The summed E-state index contributed by atoms with van der Waals surface area (Å²) in [6.07, 6.45) is -0.707. The standard InChI is InChI=1S/C36H37NO6/c1-36(2,3)25-14-16-26(17-15-25)42-21-24-19-23(13-18-33(24)41-4)20-32(34(38)39)37-35(40)43-22-31-29-11-7-5-9-27(29)28-10-6-8-12-30(28)31/h5-19,31-32H,20-22H2,1-4H3,(H,37,40)(H,38,39). The maximum absolute atomic E-state index is 12.8. The largest absolute Gasteiger partial charge is 0.496 e. The number of hydrogen-bond acceptors (Lipinski definition) is 5. The highest BCUT2D eigenvalue weighted by Crippen LogP contribution is 2.44. The molecule has 1 amide bonds. The van der Waals surface area contributed by atoms with Gasteiger partial charge in [0.1, 0.15) is 30.8 Å². The average Bonchev–Trinajstić information content (AvgIpc) is 3.32. The molecule has 0 aliphatic heterocycles. The Balaban J connectivity index is 1.22. The number of ether oxygens (including phenoxy) is 3. The van der Waals surface area contributed by atoms with Crippen molar-refractivity contribution >= 4 is 12.1 Å². The maximum atomic E-state index is 12.8. The summed E-state index contributed by atoms with van der Waals surface area (Å²) in [6.45, 7) is 6.82. The molecule has 0 fully saturated rings. The van der Waals surface area contributed by atoms with Gasteiger partial charge in [-0.15, -0.1) is 0 Å². The van der Waals surface area contributed by atoms with Crippen LogP contribution in [0.4, 0.5) is 4.79 Å². The molecular formula is C36H37NO6. The van der Waals surface area contributed by atoms with Crippen LogP contribution in [-0.2, 0) is 28.0 Å². The number of benzene rings is 4. The zero-order valence-electron chi connectivity index (χ0n) is 24.9. The van der Waals surface area contributed by atoms with Crippen molar-refractivity contribution in [2.45, 2.75) is 51.2 Å². The lowest BCUT2D eigenvalue weighted by Crippen LogP contribution is -2.42. The first-order valence-electron chi connectivity index (χ1n) is 14.4. The van der Waals surface area contributed by atoms with Crippen LogP contribution in [0.5, 0.6) is 11.5 Å². The molecule has 1 unspecified atom stereocenters. The summed E-state index contributed by atoms with van der Waals surface area (Å²) in [4.78, 5) is 24.9. The van der Waals surface area contributed by atoms with Crippen molar-refractivity contribution in [3.63, 3.8) is 0 Å². The van der Waals surface area contributed by atoms with Crippen molar-refractivity contribution in [3.8, 4) is 22.6 Å². The number of rotatable bonds is 10. The number of carbonyl (C=O) groups excluding carboxylic acids is 1. The quantitative estimate of drug-likeness (QED) is 0.208. The fourth-order valence-corrected chi connectivity index (χ4v) is 5.50. The lowest BCUT2D eigenvalue weighted by molar-refractivity contribution is -0.139. The predicted molar refractivity (Wildman–Crippen MR) is 166 cm³/mol. The molecule has 0 saturated heterocycles. The van der Waals surface area contributed by atoms with E-state index in [1.807, 2.05) is 54.6 Å². The topological polar surface area (TPSA) is 94.1 Å². The van der Waals surface area contributed by atoms with E-state index in [9.17, 15) is 14.7 Å². The van der Waals surface area contributed by atoms with Gasteiger partial charge in [-0.05, 0) is 63.1 Å². The van der Waals surface area contributed by atoms with Crippen molar-refractivity contribution in [2.75, 3.05) is 13.7 Å². The molecule has 1 aliphatic rings. The van der Waals surface area contributed by atoms with E-state index in [0.29, 0.717) is 11.3 Å². The van der Waals surface area contributed by atoms with Gasteiger partial charge in [0.25, 0.3) is 0 Å². The maximum Gasteiger partial charge on any atom is 0.407 e. The van der Waals surface area contributed by atoms with Crippen LogP contribution < -0.4 is 14.8 Å². The molecule has 0 bridgehead atoms. The Kier molecular flexibility index (Phi) is 8.71. The third kappa shape index (κ3) is 6.83. The number of hydrogen-bond donors (Lipinski definition) is 2. The highest BCUT2D eigenvalue weighted by molar-refractivity contribution is 5.81. The lowest BCUT2D eigenvalue weighted by Gasteiger charge is -2.19. The molecule has 2 N–H and O–H groups in total. The summed E-state index contributed by atoms with van der Waals surface area (Å²) in [6, 6.07) is 28.3. The zero-order valence-corrected chi connectivity index (χ0v) is 24.9. The van der Waals surface area contributed by atoms with Gasteiger partial charge in [0.05, 0.1) is 7.11 Å². The Morgan fingerprint density at radius 3 is 2.09 bits per heavy atom. The van der Waals surface area contributed by atoms with E-state index in [4.69, 9.17) is 14.2 Å². The van der Waals surface area contributed by atoms with E-state index in [1.165, 1.54) is 5.56 Å². The minimum Gasteiger partial charge on any atom is -0.496 e. The first kappa shape index (κ1) is 29.7. The van der Waals surface area contributed by atoms with Gasteiger partial charge < -0.3 is 24.6 Å². The van der Waals surface area contributed by atoms with Crippen LogP contribution in [0.2, 0.25) is 0 Å². The molecule has 1 aliphatic carbocycles. The third-order valence-corrected chi connectivity index (χ3v) is 7.83. The molecule has 0 heterocycles. The Labute approximate surface area is 252 Å². The van der Waals surface area contributed by atoms with Gasteiger partial charge >= 0.3 is 12.1 Å². The van der Waals surface area contributed by atoms with Gasteiger partial charge in [0.2, 0.25) is 0 Å². The molecule has 4 aromatic rings. The number of methoxy groups -OCH3 is 1. The van der Waals surface area contributed by atoms with Crippen LogP contribution in [0.1, 0.15) is 54.5 Å². The van der Waals surface area contributed by atoms with Crippen molar-refractivity contribution < 1.29 is 28.9 Å². The molecule has 43 heavy (non-hydrogen) atoms. The molecule has 5 rings (SSSR count). The Morgan fingerprint density at radius 1 is 0.884 bits per heavy atom. The van der Waals surface area contributed by atoms with Crippen LogP contribution in [0.25, 0.3) is 11.1 Å². The van der Waals surface area contributed by atoms with E-state index in [0.717, 1.165) is 33.6 Å². The van der Waals surface area contributed by atoms with E-state index < -0.39 is 18.1 Å². The molecule has 0 spiro atoms. The summed E-state index contributed by atoms with van der Waals surface area (Å²) >= 11 is 0. The van der Waals surface area contributed by atoms with Crippen LogP contribution in [0.3, 0.4) is 0 Å². The van der Waals surface area contributed by atoms with Gasteiger partial charge in [-0.2, -0.15) is 0 Å². The molecule has 7 nitrogen and oxygen atoms in total. The first-order valence-corrected chi connectivity index (χ1v) is 14.4. The Bertz CT molecular complexity index is 1560. The molecular weight excluding hydrogens is 542 g/mol. The van der Waals surface area contributed by atoms with Crippen LogP contribution >= 0.6 is 0 Å². The van der Waals surface area contributed by atoms with Gasteiger partial charge in [-0.25, -0.2) is 9.59 Å². The smallest absolute Gasteiger partial charge is 0.407 e. The van der Waals surface area contributed by atoms with Gasteiger partial charge in [-0.1, -0.05) is 87.5 Å². The van der Waals surface area contributed by atoms with Gasteiger partial charge in [-0.3, -0.25) is 0 Å². The lowest BCUT2D eigenvalue weighted by atomic mass is 9.87. The molecule has 4 aromatic carbocycles. The first-order chi connectivity index (χ1) is 20.6. The Hall–Kier alpha value is -4.78. The van der Waals surface area contributed by atoms with Gasteiger partial charge in [0.15, 0.2) is 0 Å². The third-order valence-electron chi connectivity index (χ3n) is 7.83.